The highest BCUT2D eigenvalue weighted by Gasteiger charge is 2.31. The molecule has 0 amide bonds. The summed E-state index contributed by atoms with van der Waals surface area (Å²) in [6.07, 6.45) is 1.44. The van der Waals surface area contributed by atoms with Gasteiger partial charge in [-0.3, -0.25) is 4.68 Å². The number of halogens is 1. The number of sulfonamides is 1. The second-order valence-corrected chi connectivity index (χ2v) is 6.52. The molecule has 0 radical (unpaired) electrons. The lowest BCUT2D eigenvalue weighted by molar-refractivity contribution is 0.441. The summed E-state index contributed by atoms with van der Waals surface area (Å²) in [6, 6.07) is 1.44. The minimum atomic E-state index is -3.58. The zero-order valence-electron chi connectivity index (χ0n) is 9.73. The van der Waals surface area contributed by atoms with E-state index in [2.05, 4.69) is 9.82 Å². The first-order chi connectivity index (χ1) is 7.17. The molecule has 7 heteroatoms. The van der Waals surface area contributed by atoms with Gasteiger partial charge in [0.15, 0.2) is 5.03 Å². The van der Waals surface area contributed by atoms with Crippen LogP contribution in [0.2, 0.25) is 0 Å². The zero-order valence-corrected chi connectivity index (χ0v) is 11.3. The Kier molecular flexibility index (Phi) is 3.66. The molecule has 0 aliphatic rings. The number of rotatable bonds is 4. The fourth-order valence-electron chi connectivity index (χ4n) is 1.11. The molecule has 1 atom stereocenters. The molecule has 0 fully saturated rings. The van der Waals surface area contributed by atoms with Crippen LogP contribution in [0.1, 0.15) is 20.8 Å². The van der Waals surface area contributed by atoms with Crippen LogP contribution in [0.4, 0.5) is 0 Å². The van der Waals surface area contributed by atoms with Crippen LogP contribution in [0.15, 0.2) is 17.3 Å². The number of hydrogen-bond acceptors (Lipinski definition) is 3. The Balaban J connectivity index is 3.03. The molecule has 1 N–H and O–H groups in total. The van der Waals surface area contributed by atoms with E-state index in [0.29, 0.717) is 0 Å². The molecule has 0 bridgehead atoms. The third-order valence-corrected chi connectivity index (χ3v) is 4.73. The van der Waals surface area contributed by atoms with E-state index in [1.54, 1.807) is 27.8 Å². The van der Waals surface area contributed by atoms with Crippen molar-refractivity contribution in [3.05, 3.63) is 12.3 Å². The first-order valence-corrected chi connectivity index (χ1v) is 6.75. The van der Waals surface area contributed by atoms with E-state index >= 15 is 0 Å². The SMILES string of the molecule is CC(Cl)C(C)(C)NS(=O)(=O)c1ccnn1C. The minimum Gasteiger partial charge on any atom is -0.256 e. The number of alkyl halides is 1. The summed E-state index contributed by atoms with van der Waals surface area (Å²) in [5.41, 5.74) is -0.718. The highest BCUT2D eigenvalue weighted by molar-refractivity contribution is 7.89. The Morgan fingerprint density at radius 1 is 1.56 bits per heavy atom. The third kappa shape index (κ3) is 2.75. The topological polar surface area (TPSA) is 64.0 Å². The maximum absolute atomic E-state index is 12.0. The summed E-state index contributed by atoms with van der Waals surface area (Å²) in [4.78, 5) is 0. The minimum absolute atomic E-state index is 0.123. The maximum Gasteiger partial charge on any atom is 0.258 e. The van der Waals surface area contributed by atoms with Crippen LogP contribution >= 0.6 is 11.6 Å². The lowest BCUT2D eigenvalue weighted by Gasteiger charge is -2.28. The Labute approximate surface area is 101 Å². The number of hydrogen-bond donors (Lipinski definition) is 1. The van der Waals surface area contributed by atoms with Gasteiger partial charge in [0.25, 0.3) is 10.0 Å². The molecule has 0 aliphatic carbocycles. The van der Waals surface area contributed by atoms with Gasteiger partial charge in [-0.05, 0) is 26.8 Å². The second-order valence-electron chi connectivity index (χ2n) is 4.24. The van der Waals surface area contributed by atoms with Crippen LogP contribution in [0.5, 0.6) is 0 Å². The molecule has 1 unspecified atom stereocenters. The fourth-order valence-corrected chi connectivity index (χ4v) is 2.83. The van der Waals surface area contributed by atoms with Crippen LogP contribution in [0.25, 0.3) is 0 Å². The van der Waals surface area contributed by atoms with Gasteiger partial charge in [0.2, 0.25) is 0 Å². The van der Waals surface area contributed by atoms with Crippen molar-refractivity contribution in [2.24, 2.45) is 7.05 Å². The van der Waals surface area contributed by atoms with Gasteiger partial charge in [-0.25, -0.2) is 13.1 Å². The van der Waals surface area contributed by atoms with E-state index in [-0.39, 0.29) is 10.4 Å². The average Bonchev–Trinajstić information content (AvgIpc) is 2.49. The lowest BCUT2D eigenvalue weighted by atomic mass is 10.0. The predicted molar refractivity (Wildman–Crippen MR) is 62.9 cm³/mol. The summed E-state index contributed by atoms with van der Waals surface area (Å²) in [5, 5.41) is 3.62. The highest BCUT2D eigenvalue weighted by Crippen LogP contribution is 2.18. The molecule has 1 heterocycles. The van der Waals surface area contributed by atoms with Crippen LogP contribution in [0.3, 0.4) is 0 Å². The van der Waals surface area contributed by atoms with Gasteiger partial charge < -0.3 is 0 Å². The summed E-state index contributed by atoms with van der Waals surface area (Å²) in [6.45, 7) is 5.21. The van der Waals surface area contributed by atoms with Gasteiger partial charge in [0, 0.05) is 18.0 Å². The molecule has 0 saturated heterocycles. The van der Waals surface area contributed by atoms with E-state index in [1.807, 2.05) is 0 Å². The van der Waals surface area contributed by atoms with Gasteiger partial charge >= 0.3 is 0 Å². The van der Waals surface area contributed by atoms with Crippen molar-refractivity contribution >= 4 is 21.6 Å². The quantitative estimate of drug-likeness (QED) is 0.830. The molecule has 16 heavy (non-hydrogen) atoms. The van der Waals surface area contributed by atoms with E-state index in [1.165, 1.54) is 16.9 Å². The predicted octanol–water partition coefficient (Wildman–Crippen LogP) is 1.10. The number of nitrogens with zero attached hydrogens (tertiary/aromatic N) is 2. The van der Waals surface area contributed by atoms with Crippen LogP contribution in [0, 0.1) is 0 Å². The number of nitrogens with one attached hydrogen (secondary N) is 1. The molecule has 1 aromatic rings. The van der Waals surface area contributed by atoms with Crippen LogP contribution in [-0.4, -0.2) is 29.1 Å². The Morgan fingerprint density at radius 3 is 2.50 bits per heavy atom. The van der Waals surface area contributed by atoms with Crippen molar-refractivity contribution in [1.29, 1.82) is 0 Å². The molecule has 5 nitrogen and oxygen atoms in total. The van der Waals surface area contributed by atoms with E-state index in [9.17, 15) is 8.42 Å². The molecule has 92 valence electrons. The smallest absolute Gasteiger partial charge is 0.256 e. The van der Waals surface area contributed by atoms with Crippen molar-refractivity contribution in [3.8, 4) is 0 Å². The maximum atomic E-state index is 12.0. The Morgan fingerprint density at radius 2 is 2.12 bits per heavy atom. The van der Waals surface area contributed by atoms with Gasteiger partial charge in [-0.1, -0.05) is 0 Å². The van der Waals surface area contributed by atoms with Gasteiger partial charge in [-0.2, -0.15) is 5.10 Å². The van der Waals surface area contributed by atoms with Crippen molar-refractivity contribution in [2.75, 3.05) is 0 Å². The number of aromatic nitrogens is 2. The molecular formula is C9H16ClN3O2S. The van der Waals surface area contributed by atoms with E-state index in [0.717, 1.165) is 0 Å². The van der Waals surface area contributed by atoms with Crippen molar-refractivity contribution in [3.63, 3.8) is 0 Å². The summed E-state index contributed by atoms with van der Waals surface area (Å²) in [5.74, 6) is 0. The first-order valence-electron chi connectivity index (χ1n) is 4.83. The molecule has 0 spiro atoms. The highest BCUT2D eigenvalue weighted by atomic mass is 35.5. The van der Waals surface area contributed by atoms with Crippen molar-refractivity contribution < 1.29 is 8.42 Å². The first kappa shape index (κ1) is 13.5. The molecule has 0 saturated carbocycles. The summed E-state index contributed by atoms with van der Waals surface area (Å²) in [7, 11) is -2.01. The molecule has 1 aromatic heterocycles. The van der Waals surface area contributed by atoms with Gasteiger partial charge in [-0.15, -0.1) is 11.6 Å². The second kappa shape index (κ2) is 4.35. The summed E-state index contributed by atoms with van der Waals surface area (Å²) < 4.78 is 27.9. The van der Waals surface area contributed by atoms with Crippen molar-refractivity contribution in [2.45, 2.75) is 36.7 Å². The van der Waals surface area contributed by atoms with E-state index < -0.39 is 15.6 Å². The number of aryl methyl sites for hydroxylation is 1. The monoisotopic (exact) mass is 265 g/mol. The fraction of sp³-hybridized carbons (Fsp3) is 0.667. The lowest BCUT2D eigenvalue weighted by Crippen LogP contribution is -2.49. The average molecular weight is 266 g/mol. The van der Waals surface area contributed by atoms with Crippen molar-refractivity contribution in [1.82, 2.24) is 14.5 Å². The zero-order chi connectivity index (χ0) is 12.6. The standard InChI is InChI=1S/C9H16ClN3O2S/c1-7(10)9(2,3)12-16(14,15)8-5-6-11-13(8)4/h5-7,12H,1-4H3. The van der Waals surface area contributed by atoms with E-state index in [4.69, 9.17) is 11.6 Å². The van der Waals surface area contributed by atoms with Gasteiger partial charge in [0.05, 0.1) is 6.20 Å². The molecule has 0 aromatic carbocycles. The van der Waals surface area contributed by atoms with Gasteiger partial charge in [0.1, 0.15) is 0 Å². The summed E-state index contributed by atoms with van der Waals surface area (Å²) >= 11 is 5.93. The molecule has 1 rings (SSSR count). The Hall–Kier alpha value is -0.590. The normalized spacial score (nSPS) is 15.1. The molecule has 0 aliphatic heterocycles. The third-order valence-electron chi connectivity index (χ3n) is 2.44. The molecular weight excluding hydrogens is 250 g/mol. The van der Waals surface area contributed by atoms with Crippen LogP contribution < -0.4 is 4.72 Å². The largest absolute Gasteiger partial charge is 0.258 e. The Bertz CT molecular complexity index is 465. The van der Waals surface area contributed by atoms with Crippen LogP contribution in [-0.2, 0) is 17.1 Å².